The Bertz CT molecular complexity index is 724. The summed E-state index contributed by atoms with van der Waals surface area (Å²) >= 11 is 0. The third-order valence-corrected chi connectivity index (χ3v) is 6.05. The summed E-state index contributed by atoms with van der Waals surface area (Å²) < 4.78 is 61.1. The molecule has 2 heterocycles. The van der Waals surface area contributed by atoms with Crippen molar-refractivity contribution < 1.29 is 21.6 Å². The standard InChI is InChI=1S/C16H24F3N5O2S.HI/c1-20-15(22-8-4-13-3-2-7-21-11-13)23-12-14-5-9-24(10-6-14)27(25,26)16(17,18)19;/h2-3,7,11,14H,4-6,8-10,12H2,1H3,(H2,20,22,23);1H. The van der Waals surface area contributed by atoms with Crippen LogP contribution in [-0.2, 0) is 16.4 Å². The Kier molecular flexibility index (Phi) is 9.90. The molecular formula is C16H25F3IN5O2S. The molecular weight excluding hydrogens is 510 g/mol. The number of sulfonamides is 1. The average molecular weight is 535 g/mol. The second-order valence-electron chi connectivity index (χ2n) is 6.28. The van der Waals surface area contributed by atoms with Gasteiger partial charge >= 0.3 is 15.5 Å². The van der Waals surface area contributed by atoms with Crippen LogP contribution in [0.5, 0.6) is 0 Å². The Labute approximate surface area is 180 Å². The fraction of sp³-hybridized carbons (Fsp3) is 0.625. The predicted molar refractivity (Wildman–Crippen MR) is 112 cm³/mol. The number of halogens is 4. The first-order chi connectivity index (χ1) is 12.7. The first kappa shape index (κ1) is 24.9. The van der Waals surface area contributed by atoms with Gasteiger partial charge in [-0.1, -0.05) is 6.07 Å². The van der Waals surface area contributed by atoms with E-state index in [-0.39, 0.29) is 43.0 Å². The Hall–Kier alpha value is -1.15. The van der Waals surface area contributed by atoms with Gasteiger partial charge in [-0.05, 0) is 36.8 Å². The number of aromatic nitrogens is 1. The minimum Gasteiger partial charge on any atom is -0.356 e. The van der Waals surface area contributed by atoms with Gasteiger partial charge in [-0.15, -0.1) is 24.0 Å². The van der Waals surface area contributed by atoms with Crippen LogP contribution >= 0.6 is 24.0 Å². The van der Waals surface area contributed by atoms with Crippen LogP contribution in [0.1, 0.15) is 18.4 Å². The number of nitrogens with zero attached hydrogens (tertiary/aromatic N) is 3. The third-order valence-electron chi connectivity index (χ3n) is 4.42. The zero-order valence-corrected chi connectivity index (χ0v) is 18.6. The maximum atomic E-state index is 12.6. The van der Waals surface area contributed by atoms with Crippen molar-refractivity contribution >= 4 is 40.0 Å². The van der Waals surface area contributed by atoms with Crippen molar-refractivity contribution in [3.8, 4) is 0 Å². The van der Waals surface area contributed by atoms with E-state index in [4.69, 9.17) is 0 Å². The van der Waals surface area contributed by atoms with Crippen LogP contribution < -0.4 is 10.6 Å². The highest BCUT2D eigenvalue weighted by Crippen LogP contribution is 2.30. The molecule has 1 fully saturated rings. The molecule has 28 heavy (non-hydrogen) atoms. The van der Waals surface area contributed by atoms with E-state index >= 15 is 0 Å². The van der Waals surface area contributed by atoms with E-state index in [0.29, 0.717) is 36.2 Å². The summed E-state index contributed by atoms with van der Waals surface area (Å²) in [5.41, 5.74) is -4.14. The summed E-state index contributed by atoms with van der Waals surface area (Å²) in [5, 5.41) is 6.31. The number of hydrogen-bond donors (Lipinski definition) is 2. The zero-order valence-electron chi connectivity index (χ0n) is 15.4. The molecule has 0 bridgehead atoms. The average Bonchev–Trinajstić information content (AvgIpc) is 2.65. The molecule has 0 atom stereocenters. The highest BCUT2D eigenvalue weighted by Gasteiger charge is 2.50. The number of piperidine rings is 1. The number of nitrogens with one attached hydrogen (secondary N) is 2. The molecule has 0 unspecified atom stereocenters. The molecule has 1 aromatic heterocycles. The van der Waals surface area contributed by atoms with Crippen molar-refractivity contribution in [1.29, 1.82) is 0 Å². The lowest BCUT2D eigenvalue weighted by molar-refractivity contribution is -0.0496. The van der Waals surface area contributed by atoms with Crippen molar-refractivity contribution in [3.05, 3.63) is 30.1 Å². The van der Waals surface area contributed by atoms with Crippen LogP contribution in [0, 0.1) is 5.92 Å². The van der Waals surface area contributed by atoms with Gasteiger partial charge in [-0.2, -0.15) is 17.5 Å². The van der Waals surface area contributed by atoms with E-state index < -0.39 is 15.5 Å². The van der Waals surface area contributed by atoms with Gasteiger partial charge in [0.25, 0.3) is 0 Å². The Morgan fingerprint density at radius 3 is 2.54 bits per heavy atom. The molecule has 2 N–H and O–H groups in total. The van der Waals surface area contributed by atoms with Crippen molar-refractivity contribution in [2.75, 3.05) is 33.2 Å². The monoisotopic (exact) mass is 535 g/mol. The van der Waals surface area contributed by atoms with Gasteiger partial charge in [0, 0.05) is 45.6 Å². The van der Waals surface area contributed by atoms with E-state index in [9.17, 15) is 21.6 Å². The lowest BCUT2D eigenvalue weighted by Gasteiger charge is -2.31. The quantitative estimate of drug-likeness (QED) is 0.331. The number of guanidine groups is 1. The second kappa shape index (κ2) is 11.1. The van der Waals surface area contributed by atoms with Crippen LogP contribution in [0.25, 0.3) is 0 Å². The number of aliphatic imine (C=N–C) groups is 1. The highest BCUT2D eigenvalue weighted by molar-refractivity contribution is 14.0. The van der Waals surface area contributed by atoms with E-state index in [2.05, 4.69) is 20.6 Å². The van der Waals surface area contributed by atoms with Crippen LogP contribution in [0.15, 0.2) is 29.5 Å². The van der Waals surface area contributed by atoms with E-state index in [1.165, 1.54) is 0 Å². The van der Waals surface area contributed by atoms with Gasteiger partial charge in [-0.25, -0.2) is 8.42 Å². The van der Waals surface area contributed by atoms with Crippen molar-refractivity contribution in [1.82, 2.24) is 19.9 Å². The van der Waals surface area contributed by atoms with Gasteiger partial charge in [0.15, 0.2) is 5.96 Å². The smallest absolute Gasteiger partial charge is 0.356 e. The largest absolute Gasteiger partial charge is 0.511 e. The van der Waals surface area contributed by atoms with Gasteiger partial charge in [0.05, 0.1) is 0 Å². The predicted octanol–water partition coefficient (Wildman–Crippen LogP) is 1.97. The molecule has 1 aliphatic rings. The van der Waals surface area contributed by atoms with Gasteiger partial charge in [-0.3, -0.25) is 9.98 Å². The van der Waals surface area contributed by atoms with Crippen LogP contribution in [0.4, 0.5) is 13.2 Å². The van der Waals surface area contributed by atoms with E-state index in [0.717, 1.165) is 12.0 Å². The number of hydrogen-bond acceptors (Lipinski definition) is 4. The normalized spacial score (nSPS) is 17.1. The number of alkyl halides is 3. The van der Waals surface area contributed by atoms with Gasteiger partial charge in [0.1, 0.15) is 0 Å². The van der Waals surface area contributed by atoms with Crippen LogP contribution in [-0.4, -0.2) is 62.4 Å². The molecule has 1 saturated heterocycles. The van der Waals surface area contributed by atoms with E-state index in [1.54, 1.807) is 19.4 Å². The van der Waals surface area contributed by atoms with Crippen LogP contribution in [0.2, 0.25) is 0 Å². The Morgan fingerprint density at radius 1 is 1.32 bits per heavy atom. The molecule has 1 aliphatic heterocycles. The minimum atomic E-state index is -5.24. The number of pyridine rings is 1. The summed E-state index contributed by atoms with van der Waals surface area (Å²) in [6, 6.07) is 3.85. The first-order valence-electron chi connectivity index (χ1n) is 8.64. The molecule has 0 aromatic carbocycles. The SMILES string of the molecule is CN=C(NCCc1cccnc1)NCC1CCN(S(=O)(=O)C(F)(F)F)CC1.I. The molecule has 0 aliphatic carbocycles. The molecule has 12 heteroatoms. The maximum Gasteiger partial charge on any atom is 0.511 e. The molecule has 0 radical (unpaired) electrons. The summed E-state index contributed by atoms with van der Waals surface area (Å²) in [4.78, 5) is 8.16. The maximum absolute atomic E-state index is 12.6. The van der Waals surface area contributed by atoms with Crippen molar-refractivity contribution in [2.45, 2.75) is 24.8 Å². The lowest BCUT2D eigenvalue weighted by atomic mass is 9.98. The summed E-state index contributed by atoms with van der Waals surface area (Å²) in [6.07, 6.45) is 5.02. The summed E-state index contributed by atoms with van der Waals surface area (Å²) in [7, 11) is -3.59. The minimum absolute atomic E-state index is 0. The molecule has 0 saturated carbocycles. The summed E-state index contributed by atoms with van der Waals surface area (Å²) in [5.74, 6) is 0.686. The Balaban J connectivity index is 0.00000392. The molecule has 7 nitrogen and oxygen atoms in total. The Morgan fingerprint density at radius 2 is 2.00 bits per heavy atom. The molecule has 160 valence electrons. The lowest BCUT2D eigenvalue weighted by Crippen LogP contribution is -2.47. The highest BCUT2D eigenvalue weighted by atomic mass is 127. The van der Waals surface area contributed by atoms with Crippen molar-refractivity contribution in [3.63, 3.8) is 0 Å². The molecule has 0 spiro atoms. The second-order valence-corrected chi connectivity index (χ2v) is 8.21. The van der Waals surface area contributed by atoms with Gasteiger partial charge < -0.3 is 10.6 Å². The van der Waals surface area contributed by atoms with Crippen LogP contribution in [0.3, 0.4) is 0 Å². The molecule has 2 rings (SSSR count). The topological polar surface area (TPSA) is 86.7 Å². The fourth-order valence-corrected chi connectivity index (χ4v) is 3.82. The van der Waals surface area contributed by atoms with E-state index in [1.807, 2.05) is 12.1 Å². The molecule has 0 amide bonds. The van der Waals surface area contributed by atoms with Gasteiger partial charge in [0.2, 0.25) is 0 Å². The number of rotatable bonds is 6. The third kappa shape index (κ3) is 7.03. The molecule has 1 aromatic rings. The first-order valence-corrected chi connectivity index (χ1v) is 10.1. The fourth-order valence-electron chi connectivity index (χ4n) is 2.83. The van der Waals surface area contributed by atoms with Crippen molar-refractivity contribution in [2.24, 2.45) is 10.9 Å². The zero-order chi connectivity index (χ0) is 19.9. The summed E-state index contributed by atoms with van der Waals surface area (Å²) in [6.45, 7) is 0.933.